The normalized spacial score (nSPS) is 12.0. The molecule has 0 N–H and O–H groups in total. The van der Waals surface area contributed by atoms with Crippen LogP contribution in [0.4, 0.5) is 0 Å². The minimum atomic E-state index is -1.21. The Bertz CT molecular complexity index is 157. The van der Waals surface area contributed by atoms with E-state index in [0.29, 0.717) is 0 Å². The van der Waals surface area contributed by atoms with Crippen LogP contribution in [0.15, 0.2) is 0 Å². The molecule has 109 valence electrons. The van der Waals surface area contributed by atoms with Gasteiger partial charge in [-0.25, -0.2) is 0 Å². The topological polar surface area (TPSA) is 0 Å². The van der Waals surface area contributed by atoms with Crippen molar-refractivity contribution >= 4 is 13.3 Å². The third kappa shape index (κ3) is 16.5. The van der Waals surface area contributed by atoms with E-state index in [4.69, 9.17) is 0 Å². The molecule has 1 heteroatoms. The summed E-state index contributed by atoms with van der Waals surface area (Å²) in [4.78, 5) is 0. The Morgan fingerprint density at radius 2 is 0.889 bits per heavy atom. The van der Waals surface area contributed by atoms with Crippen molar-refractivity contribution in [2.24, 2.45) is 0 Å². The molecule has 0 fully saturated rings. The molecule has 18 heavy (non-hydrogen) atoms. The van der Waals surface area contributed by atoms with Crippen LogP contribution < -0.4 is 0 Å². The van der Waals surface area contributed by atoms with Gasteiger partial charge in [0.2, 0.25) is 0 Å². The van der Waals surface area contributed by atoms with Crippen molar-refractivity contribution in [1.29, 1.82) is 0 Å². The molecule has 1 radical (unpaired) electrons. The number of unbranched alkanes of at least 4 members (excludes halogenated alkanes) is 11. The SMILES string of the molecule is [CH2]CCCCCCCCCCCC[CH2][Ge]([CH3])([CH3])[CH3]. The van der Waals surface area contributed by atoms with Gasteiger partial charge in [-0.15, -0.1) is 0 Å². The third-order valence-corrected chi connectivity index (χ3v) is 7.57. The van der Waals surface area contributed by atoms with Gasteiger partial charge >= 0.3 is 106 Å². The van der Waals surface area contributed by atoms with Gasteiger partial charge in [-0.2, -0.15) is 0 Å². The van der Waals surface area contributed by atoms with Gasteiger partial charge in [0.25, 0.3) is 0 Å². The van der Waals surface area contributed by atoms with Gasteiger partial charge in [0.15, 0.2) is 0 Å². The maximum absolute atomic E-state index is 3.89. The first-order valence-corrected chi connectivity index (χ1v) is 16.1. The zero-order valence-corrected chi connectivity index (χ0v) is 15.5. The zero-order chi connectivity index (χ0) is 13.7. The van der Waals surface area contributed by atoms with Gasteiger partial charge in [-0.3, -0.25) is 0 Å². The number of rotatable bonds is 13. The Kier molecular flexibility index (Phi) is 12.9. The predicted molar refractivity (Wildman–Crippen MR) is 88.9 cm³/mol. The fourth-order valence-electron chi connectivity index (χ4n) is 2.42. The van der Waals surface area contributed by atoms with Crippen LogP contribution in [0, 0.1) is 6.92 Å². The van der Waals surface area contributed by atoms with E-state index in [1.807, 2.05) is 0 Å². The molecule has 0 aromatic heterocycles. The summed E-state index contributed by atoms with van der Waals surface area (Å²) >= 11 is -1.21. The second kappa shape index (κ2) is 12.6. The molecule has 0 heterocycles. The van der Waals surface area contributed by atoms with Gasteiger partial charge in [0.05, 0.1) is 0 Å². The second-order valence-corrected chi connectivity index (χ2v) is 18.8. The summed E-state index contributed by atoms with van der Waals surface area (Å²) in [6.45, 7) is 3.89. The summed E-state index contributed by atoms with van der Waals surface area (Å²) in [6.07, 6.45) is 17.1. The van der Waals surface area contributed by atoms with Crippen molar-refractivity contribution in [3.63, 3.8) is 0 Å². The van der Waals surface area contributed by atoms with E-state index in [1.54, 1.807) is 5.25 Å². The van der Waals surface area contributed by atoms with Crippen LogP contribution >= 0.6 is 0 Å². The monoisotopic (exact) mass is 315 g/mol. The van der Waals surface area contributed by atoms with Crippen LogP contribution in [0.5, 0.6) is 0 Å². The van der Waals surface area contributed by atoms with Gasteiger partial charge < -0.3 is 0 Å². The second-order valence-electron chi connectivity index (χ2n) is 7.05. The summed E-state index contributed by atoms with van der Waals surface area (Å²) in [7, 11) is 0. The van der Waals surface area contributed by atoms with Crippen LogP contribution in [0.2, 0.25) is 22.5 Å². The molecule has 0 aromatic rings. The van der Waals surface area contributed by atoms with Gasteiger partial charge in [-0.05, 0) is 0 Å². The first kappa shape index (κ1) is 18.5. The van der Waals surface area contributed by atoms with E-state index in [0.717, 1.165) is 6.42 Å². The Morgan fingerprint density at radius 3 is 1.22 bits per heavy atom. The predicted octanol–water partition coefficient (Wildman–Crippen LogP) is 6.84. The Morgan fingerprint density at radius 1 is 0.556 bits per heavy atom. The molecule has 0 rings (SSSR count). The molecule has 0 unspecified atom stereocenters. The average molecular weight is 314 g/mol. The van der Waals surface area contributed by atoms with E-state index in [2.05, 4.69) is 24.2 Å². The van der Waals surface area contributed by atoms with E-state index < -0.39 is 13.3 Å². The van der Waals surface area contributed by atoms with Crippen molar-refractivity contribution in [2.45, 2.75) is 99.6 Å². The van der Waals surface area contributed by atoms with E-state index in [9.17, 15) is 0 Å². The molecule has 0 bridgehead atoms. The summed E-state index contributed by atoms with van der Waals surface area (Å²) in [5.74, 6) is 7.61. The number of hydrogen-bond acceptors (Lipinski definition) is 0. The van der Waals surface area contributed by atoms with E-state index in [-0.39, 0.29) is 0 Å². The molecule has 0 saturated carbocycles. The van der Waals surface area contributed by atoms with Gasteiger partial charge in [0, 0.05) is 0 Å². The van der Waals surface area contributed by atoms with Crippen LogP contribution in [-0.4, -0.2) is 13.3 Å². The van der Waals surface area contributed by atoms with Gasteiger partial charge in [-0.1, -0.05) is 13.3 Å². The molecule has 0 aliphatic carbocycles. The maximum atomic E-state index is 3.89. The molecule has 0 spiro atoms. The first-order chi connectivity index (χ1) is 8.56. The summed E-state index contributed by atoms with van der Waals surface area (Å²) in [5.41, 5.74) is 0. The molecule has 0 amide bonds. The average Bonchev–Trinajstić information content (AvgIpc) is 2.29. The Hall–Kier alpha value is 0.543. The van der Waals surface area contributed by atoms with Crippen molar-refractivity contribution in [2.75, 3.05) is 0 Å². The fraction of sp³-hybridized carbons (Fsp3) is 0.941. The van der Waals surface area contributed by atoms with Crippen LogP contribution in [0.3, 0.4) is 0 Å². The molecule has 0 aliphatic rings. The van der Waals surface area contributed by atoms with Crippen molar-refractivity contribution < 1.29 is 0 Å². The molecule has 0 aromatic carbocycles. The van der Waals surface area contributed by atoms with Crippen molar-refractivity contribution in [3.8, 4) is 0 Å². The van der Waals surface area contributed by atoms with Crippen LogP contribution in [0.25, 0.3) is 0 Å². The molecule has 0 saturated heterocycles. The Labute approximate surface area is 120 Å². The van der Waals surface area contributed by atoms with Crippen LogP contribution in [0.1, 0.15) is 77.0 Å². The Balaban J connectivity index is 2.99. The first-order valence-electron chi connectivity index (χ1n) is 8.35. The molecular formula is C17H37Ge. The molecular weight excluding hydrogens is 277 g/mol. The quantitative estimate of drug-likeness (QED) is 0.258. The van der Waals surface area contributed by atoms with Crippen molar-refractivity contribution in [1.82, 2.24) is 0 Å². The summed E-state index contributed by atoms with van der Waals surface area (Å²) < 4.78 is 0. The summed E-state index contributed by atoms with van der Waals surface area (Å²) in [6, 6.07) is 0. The van der Waals surface area contributed by atoms with Gasteiger partial charge in [0.1, 0.15) is 0 Å². The van der Waals surface area contributed by atoms with Crippen LogP contribution in [-0.2, 0) is 0 Å². The third-order valence-electron chi connectivity index (χ3n) is 3.68. The minimum absolute atomic E-state index is 1.12. The standard InChI is InChI=1S/C17H37Ge/c1-5-6-7-8-9-10-11-12-13-14-15-16-17-18(2,3)4/h1,5-17H2,2-4H3. The zero-order valence-electron chi connectivity index (χ0n) is 13.4. The summed E-state index contributed by atoms with van der Waals surface area (Å²) in [5, 5.41) is 1.58. The molecule has 0 atom stereocenters. The van der Waals surface area contributed by atoms with E-state index >= 15 is 0 Å². The molecule has 0 aliphatic heterocycles. The van der Waals surface area contributed by atoms with E-state index in [1.165, 1.54) is 70.6 Å². The fourth-order valence-corrected chi connectivity index (χ4v) is 5.17. The number of hydrogen-bond donors (Lipinski definition) is 0. The van der Waals surface area contributed by atoms with Crippen molar-refractivity contribution in [3.05, 3.63) is 6.92 Å². The molecule has 0 nitrogen and oxygen atoms in total.